The van der Waals surface area contributed by atoms with E-state index in [4.69, 9.17) is 0 Å². The Hall–Kier alpha value is -1.18. The predicted molar refractivity (Wildman–Crippen MR) is 75.0 cm³/mol. The van der Waals surface area contributed by atoms with Gasteiger partial charge in [-0.2, -0.15) is 4.31 Å². The molecule has 20 heavy (non-hydrogen) atoms. The number of hydrogen-bond acceptors (Lipinski definition) is 4. The average Bonchev–Trinajstić information content (AvgIpc) is 2.47. The molecule has 2 fully saturated rings. The molecule has 1 aromatic heterocycles. The summed E-state index contributed by atoms with van der Waals surface area (Å²) in [7, 11) is -3.49. The zero-order valence-electron chi connectivity index (χ0n) is 11.3. The molecule has 6 nitrogen and oxygen atoms in total. The van der Waals surface area contributed by atoms with Crippen molar-refractivity contribution in [3.05, 3.63) is 28.7 Å². The van der Waals surface area contributed by atoms with Gasteiger partial charge in [-0.15, -0.1) is 0 Å². The summed E-state index contributed by atoms with van der Waals surface area (Å²) in [5.41, 5.74) is -0.291. The highest BCUT2D eigenvalue weighted by Crippen LogP contribution is 2.24. The molecule has 1 atom stereocenters. The lowest BCUT2D eigenvalue weighted by molar-refractivity contribution is 0.0851. The number of nitrogens with zero attached hydrogens (tertiary/aromatic N) is 2. The van der Waals surface area contributed by atoms with Crippen LogP contribution < -0.4 is 5.56 Å². The Kier molecular flexibility index (Phi) is 3.66. The zero-order chi connectivity index (χ0) is 14.2. The van der Waals surface area contributed by atoms with E-state index in [0.29, 0.717) is 19.1 Å². The third kappa shape index (κ3) is 2.53. The van der Waals surface area contributed by atoms with Crippen molar-refractivity contribution in [3.63, 3.8) is 0 Å². The van der Waals surface area contributed by atoms with Gasteiger partial charge in [0.15, 0.2) is 0 Å². The zero-order valence-corrected chi connectivity index (χ0v) is 12.1. The number of aromatic nitrogens is 1. The molecule has 3 heterocycles. The van der Waals surface area contributed by atoms with Crippen molar-refractivity contribution < 1.29 is 8.42 Å². The van der Waals surface area contributed by atoms with Crippen LogP contribution in [0.15, 0.2) is 28.0 Å². The number of piperidine rings is 1. The molecule has 2 aliphatic rings. The molecule has 3 rings (SSSR count). The number of H-pyrrole nitrogens is 1. The smallest absolute Gasteiger partial charge is 0.247 e. The molecule has 0 bridgehead atoms. The molecule has 1 aromatic rings. The highest BCUT2D eigenvalue weighted by molar-refractivity contribution is 7.89. The first-order valence-corrected chi connectivity index (χ1v) is 8.44. The normalized spacial score (nSPS) is 25.3. The standard InChI is InChI=1S/C13H19N3O3S/c17-13-5-4-12(9-14-13)20(18,19)16-8-7-15-6-2-1-3-11(15)10-16/h4-5,9,11H,1-3,6-8,10H2,(H,14,17). The van der Waals surface area contributed by atoms with Gasteiger partial charge >= 0.3 is 0 Å². The molecular weight excluding hydrogens is 278 g/mol. The Morgan fingerprint density at radius 3 is 2.75 bits per heavy atom. The fourth-order valence-electron chi connectivity index (χ4n) is 3.05. The van der Waals surface area contributed by atoms with Gasteiger partial charge < -0.3 is 4.98 Å². The van der Waals surface area contributed by atoms with Crippen molar-refractivity contribution >= 4 is 10.0 Å². The second-order valence-electron chi connectivity index (χ2n) is 5.44. The SMILES string of the molecule is O=c1ccc(S(=O)(=O)N2CCN3CCCCC3C2)c[nH]1. The molecule has 0 radical (unpaired) electrons. The Labute approximate surface area is 118 Å². The summed E-state index contributed by atoms with van der Waals surface area (Å²) in [5.74, 6) is 0. The molecular formula is C13H19N3O3S. The van der Waals surface area contributed by atoms with Gasteiger partial charge in [0.05, 0.1) is 4.90 Å². The monoisotopic (exact) mass is 297 g/mol. The van der Waals surface area contributed by atoms with Crippen LogP contribution in [0.3, 0.4) is 0 Å². The molecule has 2 saturated heterocycles. The lowest BCUT2D eigenvalue weighted by Gasteiger charge is -2.43. The Bertz CT molecular complexity index is 620. The van der Waals surface area contributed by atoms with E-state index in [1.165, 1.54) is 31.2 Å². The minimum absolute atomic E-state index is 0.168. The van der Waals surface area contributed by atoms with Crippen LogP contribution in [0.25, 0.3) is 0 Å². The van der Waals surface area contributed by atoms with Crippen LogP contribution in [0, 0.1) is 0 Å². The molecule has 1 unspecified atom stereocenters. The molecule has 0 aromatic carbocycles. The summed E-state index contributed by atoms with van der Waals surface area (Å²) in [4.78, 5) is 16.0. The fraction of sp³-hybridized carbons (Fsp3) is 0.615. The average molecular weight is 297 g/mol. The molecule has 2 aliphatic heterocycles. The molecule has 0 amide bonds. The lowest BCUT2D eigenvalue weighted by atomic mass is 10.0. The van der Waals surface area contributed by atoms with E-state index in [1.807, 2.05) is 0 Å². The number of hydrogen-bond donors (Lipinski definition) is 1. The minimum atomic E-state index is -3.49. The van der Waals surface area contributed by atoms with Gasteiger partial charge in [-0.3, -0.25) is 9.69 Å². The first-order chi connectivity index (χ1) is 9.57. The van der Waals surface area contributed by atoms with Crippen LogP contribution in [0.4, 0.5) is 0 Å². The van der Waals surface area contributed by atoms with E-state index in [-0.39, 0.29) is 10.5 Å². The van der Waals surface area contributed by atoms with E-state index in [9.17, 15) is 13.2 Å². The van der Waals surface area contributed by atoms with Gasteiger partial charge in [0, 0.05) is 37.9 Å². The quantitative estimate of drug-likeness (QED) is 0.848. The van der Waals surface area contributed by atoms with E-state index in [0.717, 1.165) is 19.5 Å². The maximum atomic E-state index is 12.6. The van der Waals surface area contributed by atoms with Crippen LogP contribution >= 0.6 is 0 Å². The van der Waals surface area contributed by atoms with Gasteiger partial charge in [-0.1, -0.05) is 6.42 Å². The number of pyridine rings is 1. The summed E-state index contributed by atoms with van der Waals surface area (Å²) in [6.45, 7) is 2.96. The maximum Gasteiger partial charge on any atom is 0.247 e. The van der Waals surface area contributed by atoms with E-state index >= 15 is 0 Å². The summed E-state index contributed by atoms with van der Waals surface area (Å²) in [6, 6.07) is 2.97. The van der Waals surface area contributed by atoms with Gasteiger partial charge in [0.25, 0.3) is 0 Å². The van der Waals surface area contributed by atoms with Crippen LogP contribution in [0.1, 0.15) is 19.3 Å². The third-order valence-corrected chi connectivity index (χ3v) is 6.05. The topological polar surface area (TPSA) is 73.5 Å². The number of nitrogens with one attached hydrogen (secondary N) is 1. The van der Waals surface area contributed by atoms with Gasteiger partial charge in [-0.25, -0.2) is 8.42 Å². The number of fused-ring (bicyclic) bond motifs is 1. The largest absolute Gasteiger partial charge is 0.328 e. The Morgan fingerprint density at radius 1 is 1.15 bits per heavy atom. The van der Waals surface area contributed by atoms with Gasteiger partial charge in [0.2, 0.25) is 15.6 Å². The fourth-order valence-corrected chi connectivity index (χ4v) is 4.49. The van der Waals surface area contributed by atoms with Crippen molar-refractivity contribution in [1.82, 2.24) is 14.2 Å². The number of aromatic amines is 1. The van der Waals surface area contributed by atoms with E-state index in [2.05, 4.69) is 9.88 Å². The number of rotatable bonds is 2. The van der Waals surface area contributed by atoms with Crippen molar-refractivity contribution in [3.8, 4) is 0 Å². The Morgan fingerprint density at radius 2 is 2.00 bits per heavy atom. The van der Waals surface area contributed by atoms with Gasteiger partial charge in [0.1, 0.15) is 0 Å². The maximum absolute atomic E-state index is 12.6. The predicted octanol–water partition coefficient (Wildman–Crippen LogP) is 0.234. The highest BCUT2D eigenvalue weighted by Gasteiger charge is 2.35. The second-order valence-corrected chi connectivity index (χ2v) is 7.38. The molecule has 110 valence electrons. The molecule has 0 aliphatic carbocycles. The first kappa shape index (κ1) is 13.8. The Balaban J connectivity index is 1.81. The summed E-state index contributed by atoms with van der Waals surface area (Å²) in [5, 5.41) is 0. The molecule has 0 spiro atoms. The van der Waals surface area contributed by atoms with Crippen LogP contribution in [0.5, 0.6) is 0 Å². The first-order valence-electron chi connectivity index (χ1n) is 7.00. The highest BCUT2D eigenvalue weighted by atomic mass is 32.2. The van der Waals surface area contributed by atoms with E-state index in [1.54, 1.807) is 4.31 Å². The lowest BCUT2D eigenvalue weighted by Crippen LogP contribution is -2.56. The minimum Gasteiger partial charge on any atom is -0.328 e. The number of sulfonamides is 1. The van der Waals surface area contributed by atoms with Crippen LogP contribution in [0.2, 0.25) is 0 Å². The second kappa shape index (κ2) is 5.31. The van der Waals surface area contributed by atoms with Crippen LogP contribution in [-0.2, 0) is 10.0 Å². The summed E-state index contributed by atoms with van der Waals surface area (Å²) >= 11 is 0. The van der Waals surface area contributed by atoms with Gasteiger partial charge in [-0.05, 0) is 25.5 Å². The van der Waals surface area contributed by atoms with Crippen molar-refractivity contribution in [2.45, 2.75) is 30.2 Å². The summed E-state index contributed by atoms with van der Waals surface area (Å²) in [6.07, 6.45) is 4.74. The molecule has 1 N–H and O–H groups in total. The van der Waals surface area contributed by atoms with Crippen LogP contribution in [-0.4, -0.2) is 54.8 Å². The van der Waals surface area contributed by atoms with Crippen molar-refractivity contribution in [2.24, 2.45) is 0 Å². The number of piperazine rings is 1. The van der Waals surface area contributed by atoms with Crippen molar-refractivity contribution in [1.29, 1.82) is 0 Å². The third-order valence-electron chi connectivity index (χ3n) is 4.19. The summed E-state index contributed by atoms with van der Waals surface area (Å²) < 4.78 is 26.7. The van der Waals surface area contributed by atoms with E-state index < -0.39 is 10.0 Å². The molecule has 0 saturated carbocycles. The van der Waals surface area contributed by atoms with Crippen molar-refractivity contribution in [2.75, 3.05) is 26.2 Å². The molecule has 7 heteroatoms.